The first-order valence-electron chi connectivity index (χ1n) is 7.86. The molecule has 1 heterocycles. The number of halogens is 2. The number of nitrogens with one attached hydrogen (secondary N) is 1. The van der Waals surface area contributed by atoms with Gasteiger partial charge >= 0.3 is 6.09 Å². The maximum atomic E-state index is 14.2. The van der Waals surface area contributed by atoms with Gasteiger partial charge in [0, 0.05) is 11.1 Å². The number of amides is 1. The molecule has 0 radical (unpaired) electrons. The summed E-state index contributed by atoms with van der Waals surface area (Å²) in [6.07, 6.45) is -0.928. The number of carbonyl (C=O) groups is 1. The van der Waals surface area contributed by atoms with E-state index in [1.165, 1.54) is 18.2 Å². The molecule has 0 saturated heterocycles. The number of hydrogen-bond acceptors (Lipinski definition) is 4. The molecule has 7 heteroatoms. The van der Waals surface area contributed by atoms with Crippen molar-refractivity contribution < 1.29 is 18.3 Å². The highest BCUT2D eigenvalue weighted by molar-refractivity contribution is 5.95. The summed E-state index contributed by atoms with van der Waals surface area (Å²) in [6, 6.07) is 3.13. The van der Waals surface area contributed by atoms with Gasteiger partial charge in [-0.3, -0.25) is 10.3 Å². The molecular formula is C17H23F2N3O2. The molecule has 1 aromatic rings. The van der Waals surface area contributed by atoms with Gasteiger partial charge in [-0.2, -0.15) is 0 Å². The molecule has 1 amide bonds. The van der Waals surface area contributed by atoms with Crippen LogP contribution in [0, 0.1) is 11.6 Å². The maximum absolute atomic E-state index is 14.2. The third-order valence-electron chi connectivity index (χ3n) is 3.57. The molecule has 5 nitrogen and oxygen atoms in total. The van der Waals surface area contributed by atoms with Gasteiger partial charge in [-0.15, -0.1) is 0 Å². The Hall–Kier alpha value is -2.18. The zero-order valence-corrected chi connectivity index (χ0v) is 14.6. The highest BCUT2D eigenvalue weighted by Crippen LogP contribution is 2.35. The minimum Gasteiger partial charge on any atom is -0.447 e. The van der Waals surface area contributed by atoms with Crippen LogP contribution in [0.15, 0.2) is 23.2 Å². The van der Waals surface area contributed by atoms with E-state index in [2.05, 4.69) is 10.3 Å². The van der Waals surface area contributed by atoms with Crippen molar-refractivity contribution in [3.05, 3.63) is 35.4 Å². The number of hydrogen-bond donors (Lipinski definition) is 1. The van der Waals surface area contributed by atoms with E-state index in [1.807, 2.05) is 20.8 Å². The number of ether oxygens (including phenoxy) is 1. The van der Waals surface area contributed by atoms with Gasteiger partial charge in [-0.25, -0.2) is 13.6 Å². The summed E-state index contributed by atoms with van der Waals surface area (Å²) < 4.78 is 33.4. The minimum absolute atomic E-state index is 0.0507. The van der Waals surface area contributed by atoms with E-state index in [1.54, 1.807) is 18.7 Å². The number of nitrogens with zero attached hydrogens (tertiary/aromatic N) is 2. The van der Waals surface area contributed by atoms with Gasteiger partial charge in [-0.05, 0) is 46.8 Å². The van der Waals surface area contributed by atoms with Gasteiger partial charge in [0.1, 0.15) is 11.6 Å². The van der Waals surface area contributed by atoms with Crippen molar-refractivity contribution in [2.45, 2.75) is 52.3 Å². The van der Waals surface area contributed by atoms with Crippen LogP contribution >= 0.6 is 0 Å². The van der Waals surface area contributed by atoms with Crippen molar-refractivity contribution in [2.75, 3.05) is 6.54 Å². The van der Waals surface area contributed by atoms with Crippen LogP contribution < -0.4 is 5.32 Å². The summed E-state index contributed by atoms with van der Waals surface area (Å²) in [5, 5.41) is 2.58. The topological polar surface area (TPSA) is 53.9 Å². The molecule has 132 valence electrons. The second kappa shape index (κ2) is 6.75. The fourth-order valence-corrected chi connectivity index (χ4v) is 2.75. The normalized spacial score (nSPS) is 17.9. The third-order valence-corrected chi connectivity index (χ3v) is 3.57. The minimum atomic E-state index is -0.646. The third kappa shape index (κ3) is 3.83. The van der Waals surface area contributed by atoms with Crippen molar-refractivity contribution >= 4 is 12.1 Å². The molecule has 0 aromatic heterocycles. The van der Waals surface area contributed by atoms with Crippen LogP contribution in [0.1, 0.15) is 46.2 Å². The summed E-state index contributed by atoms with van der Waals surface area (Å²) in [6.45, 7) is 9.26. The predicted octanol–water partition coefficient (Wildman–Crippen LogP) is 3.61. The Kier molecular flexibility index (Phi) is 5.11. The summed E-state index contributed by atoms with van der Waals surface area (Å²) in [4.78, 5) is 17.8. The molecule has 1 N–H and O–H groups in total. The fourth-order valence-electron chi connectivity index (χ4n) is 2.75. The molecule has 0 saturated carbocycles. The van der Waals surface area contributed by atoms with Crippen LogP contribution in [0.3, 0.4) is 0 Å². The summed E-state index contributed by atoms with van der Waals surface area (Å²) >= 11 is 0. The molecule has 1 unspecified atom stereocenters. The SMILES string of the molecule is CC(C)OC(=O)NC1=NCC(c2c(F)cccc2F)N1C(C)(C)C. The standard InChI is InChI=1S/C17H23F2N3O2/c1-10(2)24-16(23)21-15-20-9-13(22(15)17(3,4)5)14-11(18)7-6-8-12(14)19/h6-8,10,13H,9H2,1-5H3,(H,20,21,23). The van der Waals surface area contributed by atoms with E-state index < -0.39 is 29.3 Å². The van der Waals surface area contributed by atoms with E-state index >= 15 is 0 Å². The lowest BCUT2D eigenvalue weighted by Gasteiger charge is -2.39. The second-order valence-corrected chi connectivity index (χ2v) is 6.94. The Morgan fingerprint density at radius 2 is 1.92 bits per heavy atom. The molecule has 0 aliphatic carbocycles. The lowest BCUT2D eigenvalue weighted by molar-refractivity contribution is 0.117. The van der Waals surface area contributed by atoms with Gasteiger partial charge in [0.15, 0.2) is 0 Å². The number of benzene rings is 1. The van der Waals surface area contributed by atoms with Crippen molar-refractivity contribution in [3.8, 4) is 0 Å². The van der Waals surface area contributed by atoms with Crippen molar-refractivity contribution in [1.82, 2.24) is 10.2 Å². The maximum Gasteiger partial charge on any atom is 0.414 e. The molecule has 1 atom stereocenters. The Morgan fingerprint density at radius 3 is 2.42 bits per heavy atom. The van der Waals surface area contributed by atoms with Gasteiger partial charge in [0.2, 0.25) is 5.96 Å². The zero-order chi connectivity index (χ0) is 18.1. The monoisotopic (exact) mass is 339 g/mol. The molecule has 0 spiro atoms. The summed E-state index contributed by atoms with van der Waals surface area (Å²) in [5.74, 6) is -1.01. The molecule has 1 aromatic carbocycles. The molecule has 0 bridgehead atoms. The van der Waals surface area contributed by atoms with Crippen LogP contribution in [0.2, 0.25) is 0 Å². The van der Waals surface area contributed by atoms with Gasteiger partial charge in [-0.1, -0.05) is 6.07 Å². The van der Waals surface area contributed by atoms with Crippen LogP contribution in [0.25, 0.3) is 0 Å². The van der Waals surface area contributed by atoms with E-state index in [4.69, 9.17) is 4.74 Å². The predicted molar refractivity (Wildman–Crippen MR) is 87.7 cm³/mol. The lowest BCUT2D eigenvalue weighted by Crippen LogP contribution is -2.52. The number of carbonyl (C=O) groups excluding carboxylic acids is 1. The molecule has 24 heavy (non-hydrogen) atoms. The number of rotatable bonds is 2. The lowest BCUT2D eigenvalue weighted by atomic mass is 9.98. The Morgan fingerprint density at radius 1 is 1.33 bits per heavy atom. The van der Waals surface area contributed by atoms with Crippen LogP contribution in [0.5, 0.6) is 0 Å². The van der Waals surface area contributed by atoms with E-state index in [0.717, 1.165) is 0 Å². The smallest absolute Gasteiger partial charge is 0.414 e. The van der Waals surface area contributed by atoms with E-state index in [9.17, 15) is 13.6 Å². The largest absolute Gasteiger partial charge is 0.447 e. The molecule has 2 rings (SSSR count). The quantitative estimate of drug-likeness (QED) is 0.895. The van der Waals surface area contributed by atoms with Gasteiger partial charge < -0.3 is 9.64 Å². The molecular weight excluding hydrogens is 316 g/mol. The summed E-state index contributed by atoms with van der Waals surface area (Å²) in [7, 11) is 0. The van der Waals surface area contributed by atoms with Crippen LogP contribution in [-0.4, -0.2) is 35.1 Å². The van der Waals surface area contributed by atoms with E-state index in [-0.39, 0.29) is 24.2 Å². The first-order valence-corrected chi connectivity index (χ1v) is 7.86. The Labute approximate surface area is 140 Å². The average molecular weight is 339 g/mol. The van der Waals surface area contributed by atoms with E-state index in [0.29, 0.717) is 0 Å². The first kappa shape index (κ1) is 18.2. The Balaban J connectivity index is 2.32. The van der Waals surface area contributed by atoms with Gasteiger partial charge in [0.25, 0.3) is 0 Å². The van der Waals surface area contributed by atoms with Gasteiger partial charge in [0.05, 0.1) is 18.7 Å². The fraction of sp³-hybridized carbons (Fsp3) is 0.529. The number of aliphatic imine (C=N–C) groups is 1. The number of guanidine groups is 1. The molecule has 0 fully saturated rings. The van der Waals surface area contributed by atoms with Crippen molar-refractivity contribution in [2.24, 2.45) is 4.99 Å². The number of alkyl carbamates (subject to hydrolysis) is 1. The Bertz CT molecular complexity index is 633. The first-order chi connectivity index (χ1) is 11.1. The highest BCUT2D eigenvalue weighted by atomic mass is 19.1. The van der Waals surface area contributed by atoms with Crippen molar-refractivity contribution in [3.63, 3.8) is 0 Å². The zero-order valence-electron chi connectivity index (χ0n) is 14.6. The second-order valence-electron chi connectivity index (χ2n) is 6.94. The van der Waals surface area contributed by atoms with Crippen molar-refractivity contribution in [1.29, 1.82) is 0 Å². The highest BCUT2D eigenvalue weighted by Gasteiger charge is 2.40. The average Bonchev–Trinajstić information content (AvgIpc) is 2.80. The molecule has 1 aliphatic rings. The van der Waals surface area contributed by atoms with Crippen LogP contribution in [0.4, 0.5) is 13.6 Å². The summed E-state index contributed by atoms with van der Waals surface area (Å²) in [5.41, 5.74) is -0.565. The van der Waals surface area contributed by atoms with Crippen LogP contribution in [-0.2, 0) is 4.74 Å². The molecule has 1 aliphatic heterocycles.